The minimum absolute atomic E-state index is 0.0841. The average Bonchev–Trinajstić information content (AvgIpc) is 3.39. The number of carbonyl (C=O) groups is 4. The summed E-state index contributed by atoms with van der Waals surface area (Å²) in [6.45, 7) is 7.11. The Morgan fingerprint density at radius 1 is 1.21 bits per heavy atom. The molecule has 1 aromatic carbocycles. The van der Waals surface area contributed by atoms with E-state index in [0.29, 0.717) is 19.4 Å². The molecule has 1 saturated heterocycles. The van der Waals surface area contributed by atoms with E-state index in [4.69, 9.17) is 4.74 Å². The number of rotatable bonds is 7. The van der Waals surface area contributed by atoms with Crippen LogP contribution in [0.5, 0.6) is 0 Å². The number of hydrogen-bond acceptors (Lipinski definition) is 5. The summed E-state index contributed by atoms with van der Waals surface area (Å²) in [5.41, 5.74) is 0.948. The van der Waals surface area contributed by atoms with E-state index in [1.165, 1.54) is 11.8 Å². The first kappa shape index (κ1) is 25.1. The molecule has 0 bridgehead atoms. The van der Waals surface area contributed by atoms with E-state index in [2.05, 4.69) is 15.6 Å². The Bertz CT molecular complexity index is 1070. The Kier molecular flexibility index (Phi) is 7.48. The fraction of sp³-hybridized carbons (Fsp3) is 0.500. The van der Waals surface area contributed by atoms with Gasteiger partial charge in [-0.2, -0.15) is 0 Å². The molecule has 10 heteroatoms. The van der Waals surface area contributed by atoms with Crippen molar-refractivity contribution in [1.82, 2.24) is 20.5 Å². The zero-order valence-corrected chi connectivity index (χ0v) is 19.9. The van der Waals surface area contributed by atoms with E-state index in [0.717, 1.165) is 16.5 Å². The summed E-state index contributed by atoms with van der Waals surface area (Å²) in [5.74, 6) is -2.28. The Balaban J connectivity index is 1.60. The average molecular weight is 473 g/mol. The number of benzene rings is 1. The second-order valence-corrected chi connectivity index (χ2v) is 9.53. The fourth-order valence-electron chi connectivity index (χ4n) is 3.97. The summed E-state index contributed by atoms with van der Waals surface area (Å²) in [6.07, 6.45) is 2.33. The van der Waals surface area contributed by atoms with Crippen molar-refractivity contribution in [1.29, 1.82) is 0 Å². The third kappa shape index (κ3) is 6.06. The normalized spacial score (nSPS) is 17.8. The summed E-state index contributed by atoms with van der Waals surface area (Å²) in [4.78, 5) is 54.2. The number of carboxylic acids is 1. The van der Waals surface area contributed by atoms with Gasteiger partial charge in [0.25, 0.3) is 0 Å². The van der Waals surface area contributed by atoms with Gasteiger partial charge in [-0.1, -0.05) is 18.2 Å². The molecule has 1 aromatic heterocycles. The molecule has 0 spiro atoms. The molecule has 0 saturated carbocycles. The molecule has 184 valence electrons. The third-order valence-electron chi connectivity index (χ3n) is 5.65. The van der Waals surface area contributed by atoms with Crippen LogP contribution in [0.15, 0.2) is 30.5 Å². The second-order valence-electron chi connectivity index (χ2n) is 9.53. The molecule has 4 N–H and O–H groups in total. The second kappa shape index (κ2) is 10.1. The third-order valence-corrected chi connectivity index (χ3v) is 5.65. The highest BCUT2D eigenvalue weighted by molar-refractivity contribution is 5.93. The Morgan fingerprint density at radius 3 is 2.59 bits per heavy atom. The first-order valence-electron chi connectivity index (χ1n) is 11.3. The smallest absolute Gasteiger partial charge is 0.410 e. The Hall–Kier alpha value is -3.56. The quantitative estimate of drug-likeness (QED) is 0.487. The van der Waals surface area contributed by atoms with Gasteiger partial charge in [0.15, 0.2) is 0 Å². The number of ether oxygens (including phenoxy) is 1. The molecule has 3 amide bonds. The van der Waals surface area contributed by atoms with E-state index in [9.17, 15) is 24.3 Å². The molecule has 1 aliphatic rings. The van der Waals surface area contributed by atoms with E-state index >= 15 is 0 Å². The summed E-state index contributed by atoms with van der Waals surface area (Å²) in [7, 11) is 0. The first-order valence-corrected chi connectivity index (χ1v) is 11.3. The molecule has 3 atom stereocenters. The summed E-state index contributed by atoms with van der Waals surface area (Å²) in [6, 6.07) is 4.59. The number of nitrogens with one attached hydrogen (secondary N) is 3. The minimum Gasteiger partial charge on any atom is -0.480 e. The molecule has 1 aliphatic heterocycles. The number of nitrogens with zero attached hydrogens (tertiary/aromatic N) is 1. The molecule has 2 aromatic rings. The van der Waals surface area contributed by atoms with Crippen molar-refractivity contribution in [3.05, 3.63) is 36.0 Å². The van der Waals surface area contributed by atoms with Crippen molar-refractivity contribution >= 4 is 34.8 Å². The van der Waals surface area contributed by atoms with Crippen LogP contribution < -0.4 is 10.6 Å². The summed E-state index contributed by atoms with van der Waals surface area (Å²) >= 11 is 0. The number of carbonyl (C=O) groups excluding carboxylic acids is 3. The Labute approximate surface area is 198 Å². The highest BCUT2D eigenvalue weighted by Gasteiger charge is 2.37. The maximum absolute atomic E-state index is 12.8. The first-order chi connectivity index (χ1) is 16.0. The Morgan fingerprint density at radius 2 is 1.91 bits per heavy atom. The summed E-state index contributed by atoms with van der Waals surface area (Å²) < 4.78 is 5.37. The molecular formula is C24H32N4O6. The number of aromatic nitrogens is 1. The molecule has 0 unspecified atom stereocenters. The standard InChI is InChI=1S/C24H32N4O6/c1-14(26-21(30)19-10-7-11-28(19)23(33)34-24(2,3)4)20(29)27-18(22(31)32)12-15-13-25-17-9-6-5-8-16(15)17/h5-6,8-9,13-14,18-19,25H,7,10-12H2,1-4H3,(H,26,30)(H,27,29)(H,31,32)/t14-,18-,19-/m0/s1. The van der Waals surface area contributed by atoms with Crippen LogP contribution >= 0.6 is 0 Å². The highest BCUT2D eigenvalue weighted by Crippen LogP contribution is 2.21. The van der Waals surface area contributed by atoms with Crippen LogP contribution in [0.2, 0.25) is 0 Å². The van der Waals surface area contributed by atoms with Crippen molar-refractivity contribution < 1.29 is 29.0 Å². The van der Waals surface area contributed by atoms with E-state index in [1.807, 2.05) is 24.3 Å². The largest absolute Gasteiger partial charge is 0.480 e. The van der Waals surface area contributed by atoms with Gasteiger partial charge in [-0.15, -0.1) is 0 Å². The van der Waals surface area contributed by atoms with Gasteiger partial charge in [0, 0.05) is 30.1 Å². The fourth-order valence-corrected chi connectivity index (χ4v) is 3.97. The maximum Gasteiger partial charge on any atom is 0.410 e. The lowest BCUT2D eigenvalue weighted by molar-refractivity contribution is -0.142. The number of aliphatic carboxylic acids is 1. The highest BCUT2D eigenvalue weighted by atomic mass is 16.6. The lowest BCUT2D eigenvalue weighted by atomic mass is 10.0. The van der Waals surface area contributed by atoms with Gasteiger partial charge in [0.2, 0.25) is 11.8 Å². The number of H-pyrrole nitrogens is 1. The van der Waals surface area contributed by atoms with Gasteiger partial charge in [-0.05, 0) is 52.2 Å². The minimum atomic E-state index is -1.18. The van der Waals surface area contributed by atoms with Crippen molar-refractivity contribution in [2.75, 3.05) is 6.54 Å². The van der Waals surface area contributed by atoms with Crippen LogP contribution in [0.3, 0.4) is 0 Å². The van der Waals surface area contributed by atoms with Gasteiger partial charge >= 0.3 is 12.1 Å². The predicted octanol–water partition coefficient (Wildman–Crippen LogP) is 2.18. The zero-order valence-electron chi connectivity index (χ0n) is 19.9. The SMILES string of the molecule is C[C@H](NC(=O)[C@@H]1CCCN1C(=O)OC(C)(C)C)C(=O)N[C@@H](Cc1c[nH]c2ccccc12)C(=O)O. The van der Waals surface area contributed by atoms with Crippen molar-refractivity contribution in [3.8, 4) is 0 Å². The van der Waals surface area contributed by atoms with Crippen molar-refractivity contribution in [2.24, 2.45) is 0 Å². The van der Waals surface area contributed by atoms with Gasteiger partial charge < -0.3 is 25.5 Å². The molecule has 1 fully saturated rings. The van der Waals surface area contributed by atoms with Crippen LogP contribution in [0.25, 0.3) is 10.9 Å². The molecule has 34 heavy (non-hydrogen) atoms. The molecule has 0 aliphatic carbocycles. The summed E-state index contributed by atoms with van der Waals surface area (Å²) in [5, 5.41) is 15.6. The predicted molar refractivity (Wildman–Crippen MR) is 125 cm³/mol. The number of carboxylic acid groups (broad SMARTS) is 1. The number of aromatic amines is 1. The van der Waals surface area contributed by atoms with Gasteiger partial charge in [0.05, 0.1) is 0 Å². The number of likely N-dealkylation sites (tertiary alicyclic amines) is 1. The topological polar surface area (TPSA) is 141 Å². The van der Waals surface area contributed by atoms with Gasteiger partial charge in [-0.3, -0.25) is 14.5 Å². The lowest BCUT2D eigenvalue weighted by Gasteiger charge is -2.28. The number of para-hydroxylation sites is 1. The number of amides is 3. The van der Waals surface area contributed by atoms with Crippen LogP contribution in [-0.4, -0.2) is 69.1 Å². The van der Waals surface area contributed by atoms with E-state index in [-0.39, 0.29) is 6.42 Å². The van der Waals surface area contributed by atoms with Crippen molar-refractivity contribution in [2.45, 2.75) is 70.7 Å². The monoisotopic (exact) mass is 472 g/mol. The maximum atomic E-state index is 12.8. The van der Waals surface area contributed by atoms with Gasteiger partial charge in [0.1, 0.15) is 23.7 Å². The zero-order chi connectivity index (χ0) is 25.0. The number of hydrogen-bond donors (Lipinski definition) is 4. The molecular weight excluding hydrogens is 440 g/mol. The lowest BCUT2D eigenvalue weighted by Crippen LogP contribution is -2.54. The molecule has 10 nitrogen and oxygen atoms in total. The van der Waals surface area contributed by atoms with E-state index < -0.39 is 47.6 Å². The van der Waals surface area contributed by atoms with Gasteiger partial charge in [-0.25, -0.2) is 9.59 Å². The van der Waals surface area contributed by atoms with Crippen molar-refractivity contribution in [3.63, 3.8) is 0 Å². The van der Waals surface area contributed by atoms with Crippen LogP contribution in [0.1, 0.15) is 46.1 Å². The molecule has 0 radical (unpaired) electrons. The van der Waals surface area contributed by atoms with E-state index in [1.54, 1.807) is 27.0 Å². The molecule has 2 heterocycles. The van der Waals surface area contributed by atoms with Crippen LogP contribution in [-0.2, 0) is 25.5 Å². The number of fused-ring (bicyclic) bond motifs is 1. The van der Waals surface area contributed by atoms with Crippen LogP contribution in [0, 0.1) is 0 Å². The van der Waals surface area contributed by atoms with Crippen LogP contribution in [0.4, 0.5) is 4.79 Å². The molecule has 3 rings (SSSR count).